The number of carbonyl (C=O) groups is 1. The van der Waals surface area contributed by atoms with Crippen LogP contribution >= 0.6 is 0 Å². The monoisotopic (exact) mass is 300 g/mol. The number of benzene rings is 1. The van der Waals surface area contributed by atoms with Gasteiger partial charge in [0.05, 0.1) is 11.9 Å². The highest BCUT2D eigenvalue weighted by atomic mass is 19.4. The van der Waals surface area contributed by atoms with E-state index in [1.165, 1.54) is 23.0 Å². The molecule has 2 rings (SSSR count). The number of rotatable bonds is 4. The Morgan fingerprint density at radius 1 is 1.43 bits per heavy atom. The van der Waals surface area contributed by atoms with Gasteiger partial charge in [-0.3, -0.25) is 4.79 Å². The minimum absolute atomic E-state index is 0.0871. The molecule has 1 N–H and O–H groups in total. The Hall–Kier alpha value is -2.58. The van der Waals surface area contributed by atoms with Crippen molar-refractivity contribution in [2.24, 2.45) is 0 Å². The normalized spacial score (nSPS) is 11.2. The molecule has 0 saturated heterocycles. The molecule has 9 heteroatoms. The van der Waals surface area contributed by atoms with Crippen LogP contribution < -0.4 is 10.1 Å². The third-order valence-electron chi connectivity index (χ3n) is 2.46. The van der Waals surface area contributed by atoms with Crippen LogP contribution in [0.2, 0.25) is 0 Å². The summed E-state index contributed by atoms with van der Waals surface area (Å²) in [6.45, 7) is 1.64. The Morgan fingerprint density at radius 2 is 2.19 bits per heavy atom. The number of hydrogen-bond acceptors (Lipinski definition) is 4. The highest BCUT2D eigenvalue weighted by Crippen LogP contribution is 2.24. The van der Waals surface area contributed by atoms with E-state index in [1.807, 2.05) is 0 Å². The molecule has 1 amide bonds. The van der Waals surface area contributed by atoms with Gasteiger partial charge in [0.15, 0.2) is 0 Å². The summed E-state index contributed by atoms with van der Waals surface area (Å²) < 4.78 is 41.4. The summed E-state index contributed by atoms with van der Waals surface area (Å²) in [5.74, 6) is -0.843. The van der Waals surface area contributed by atoms with E-state index in [9.17, 15) is 18.0 Å². The molecule has 0 radical (unpaired) electrons. The van der Waals surface area contributed by atoms with Crippen molar-refractivity contribution in [3.05, 3.63) is 36.2 Å². The van der Waals surface area contributed by atoms with Gasteiger partial charge < -0.3 is 10.1 Å². The molecule has 0 aliphatic rings. The smallest absolute Gasteiger partial charge is 0.406 e. The molecular formula is C12H11F3N4O2. The summed E-state index contributed by atoms with van der Waals surface area (Å²) in [5.41, 5.74) is 0.888. The molecule has 21 heavy (non-hydrogen) atoms. The van der Waals surface area contributed by atoms with Crippen molar-refractivity contribution in [2.75, 3.05) is 5.32 Å². The fourth-order valence-corrected chi connectivity index (χ4v) is 1.57. The van der Waals surface area contributed by atoms with E-state index >= 15 is 0 Å². The van der Waals surface area contributed by atoms with E-state index in [1.54, 1.807) is 6.92 Å². The van der Waals surface area contributed by atoms with Crippen LogP contribution in [0.3, 0.4) is 0 Å². The fourth-order valence-electron chi connectivity index (χ4n) is 1.57. The lowest BCUT2D eigenvalue weighted by Crippen LogP contribution is -2.20. The lowest BCUT2D eigenvalue weighted by atomic mass is 10.3. The van der Waals surface area contributed by atoms with E-state index in [0.29, 0.717) is 5.69 Å². The second kappa shape index (κ2) is 5.81. The van der Waals surface area contributed by atoms with Crippen molar-refractivity contribution in [3.63, 3.8) is 0 Å². The first-order chi connectivity index (χ1) is 9.83. The van der Waals surface area contributed by atoms with Crippen LogP contribution in [0, 0.1) is 6.92 Å². The van der Waals surface area contributed by atoms with Crippen LogP contribution in [0.4, 0.5) is 18.9 Å². The number of carbonyl (C=O) groups excluding carboxylic acids is 1. The molecule has 0 aliphatic heterocycles. The topological polar surface area (TPSA) is 69.0 Å². The van der Waals surface area contributed by atoms with Crippen LogP contribution in [0.1, 0.15) is 5.69 Å². The predicted molar refractivity (Wildman–Crippen MR) is 66.5 cm³/mol. The zero-order chi connectivity index (χ0) is 15.5. The molecule has 0 saturated carbocycles. The zero-order valence-electron chi connectivity index (χ0n) is 10.9. The lowest BCUT2D eigenvalue weighted by Gasteiger charge is -2.11. The highest BCUT2D eigenvalue weighted by Gasteiger charge is 2.31. The SMILES string of the molecule is Cc1cnnn1CC(=O)Nc1cccc(OC(F)(F)F)c1. The Bertz CT molecular complexity index is 639. The van der Waals surface area contributed by atoms with Gasteiger partial charge in [0.1, 0.15) is 12.3 Å². The molecule has 0 aliphatic carbocycles. The molecule has 1 heterocycles. The maximum atomic E-state index is 12.1. The molecule has 1 aromatic heterocycles. The van der Waals surface area contributed by atoms with Gasteiger partial charge in [0, 0.05) is 11.8 Å². The second-order valence-electron chi connectivity index (χ2n) is 4.16. The van der Waals surface area contributed by atoms with Crippen LogP contribution in [0.5, 0.6) is 5.75 Å². The first-order valence-corrected chi connectivity index (χ1v) is 5.84. The molecule has 2 aromatic rings. The Kier molecular flexibility index (Phi) is 4.10. The fraction of sp³-hybridized carbons (Fsp3) is 0.250. The maximum Gasteiger partial charge on any atom is 0.573 e. The van der Waals surface area contributed by atoms with Crippen molar-refractivity contribution in [3.8, 4) is 5.75 Å². The predicted octanol–water partition coefficient (Wildman–Crippen LogP) is 2.12. The van der Waals surface area contributed by atoms with Gasteiger partial charge in [-0.25, -0.2) is 4.68 Å². The van der Waals surface area contributed by atoms with Gasteiger partial charge in [-0.05, 0) is 19.1 Å². The summed E-state index contributed by atoms with van der Waals surface area (Å²) in [7, 11) is 0. The maximum absolute atomic E-state index is 12.1. The Balaban J connectivity index is 2.01. The molecule has 6 nitrogen and oxygen atoms in total. The summed E-state index contributed by atoms with van der Waals surface area (Å²) in [6.07, 6.45) is -3.29. The number of nitrogens with one attached hydrogen (secondary N) is 1. The zero-order valence-corrected chi connectivity index (χ0v) is 10.9. The van der Waals surface area contributed by atoms with E-state index in [0.717, 1.165) is 12.1 Å². The van der Waals surface area contributed by atoms with Gasteiger partial charge in [-0.2, -0.15) is 0 Å². The Labute approximate surface area is 117 Å². The minimum Gasteiger partial charge on any atom is -0.406 e. The summed E-state index contributed by atoms with van der Waals surface area (Å²) in [4.78, 5) is 11.8. The number of nitrogens with zero attached hydrogens (tertiary/aromatic N) is 3. The number of anilines is 1. The van der Waals surface area contributed by atoms with E-state index < -0.39 is 18.0 Å². The van der Waals surface area contributed by atoms with Crippen molar-refractivity contribution >= 4 is 11.6 Å². The number of aryl methyl sites for hydroxylation is 1. The van der Waals surface area contributed by atoms with Crippen LogP contribution in [0.15, 0.2) is 30.5 Å². The number of halogens is 3. The van der Waals surface area contributed by atoms with Crippen LogP contribution in [-0.2, 0) is 11.3 Å². The number of hydrogen-bond donors (Lipinski definition) is 1. The summed E-state index contributed by atoms with van der Waals surface area (Å²) in [5, 5.41) is 9.78. The molecule has 0 atom stereocenters. The van der Waals surface area contributed by atoms with Gasteiger partial charge in [-0.1, -0.05) is 11.3 Å². The first kappa shape index (κ1) is 14.8. The number of amides is 1. The van der Waals surface area contributed by atoms with Crippen molar-refractivity contribution in [2.45, 2.75) is 19.8 Å². The average molecular weight is 300 g/mol. The van der Waals surface area contributed by atoms with E-state index in [2.05, 4.69) is 20.4 Å². The highest BCUT2D eigenvalue weighted by molar-refractivity contribution is 5.90. The quantitative estimate of drug-likeness (QED) is 0.939. The lowest BCUT2D eigenvalue weighted by molar-refractivity contribution is -0.274. The van der Waals surface area contributed by atoms with Gasteiger partial charge >= 0.3 is 6.36 Å². The molecule has 0 fully saturated rings. The molecule has 1 aromatic carbocycles. The standard InChI is InChI=1S/C12H11F3N4O2/c1-8-6-16-18-19(8)7-11(20)17-9-3-2-4-10(5-9)21-12(13,14)15/h2-6H,7H2,1H3,(H,17,20). The molecule has 0 bridgehead atoms. The van der Waals surface area contributed by atoms with Crippen molar-refractivity contribution in [1.82, 2.24) is 15.0 Å². The first-order valence-electron chi connectivity index (χ1n) is 5.84. The molecule has 0 spiro atoms. The van der Waals surface area contributed by atoms with Gasteiger partial charge in [-0.15, -0.1) is 18.3 Å². The molecular weight excluding hydrogens is 289 g/mol. The summed E-state index contributed by atoms with van der Waals surface area (Å²) >= 11 is 0. The number of alkyl halides is 3. The number of aromatic nitrogens is 3. The molecule has 112 valence electrons. The average Bonchev–Trinajstić information content (AvgIpc) is 2.73. The second-order valence-corrected chi connectivity index (χ2v) is 4.16. The van der Waals surface area contributed by atoms with Crippen molar-refractivity contribution < 1.29 is 22.7 Å². The van der Waals surface area contributed by atoms with E-state index in [4.69, 9.17) is 0 Å². The Morgan fingerprint density at radius 3 is 2.81 bits per heavy atom. The third-order valence-corrected chi connectivity index (χ3v) is 2.46. The largest absolute Gasteiger partial charge is 0.573 e. The van der Waals surface area contributed by atoms with Crippen LogP contribution in [-0.4, -0.2) is 27.3 Å². The van der Waals surface area contributed by atoms with Gasteiger partial charge in [0.2, 0.25) is 5.91 Å². The third kappa shape index (κ3) is 4.48. The molecule has 0 unspecified atom stereocenters. The van der Waals surface area contributed by atoms with Crippen LogP contribution in [0.25, 0.3) is 0 Å². The number of ether oxygens (including phenoxy) is 1. The van der Waals surface area contributed by atoms with Crippen molar-refractivity contribution in [1.29, 1.82) is 0 Å². The van der Waals surface area contributed by atoms with Gasteiger partial charge in [0.25, 0.3) is 0 Å². The summed E-state index contributed by atoms with van der Waals surface area (Å²) in [6, 6.07) is 5.02. The van der Waals surface area contributed by atoms with E-state index in [-0.39, 0.29) is 12.2 Å². The minimum atomic E-state index is -4.78.